The number of nitrogens with zero attached hydrogens (tertiary/aromatic N) is 4. The maximum Gasteiger partial charge on any atom is 0.373 e. The Kier molecular flexibility index (Phi) is 2.90. The fraction of sp³-hybridized carbons (Fsp3) is 0.118. The molecule has 1 aliphatic rings. The Labute approximate surface area is 131 Å². The predicted octanol–water partition coefficient (Wildman–Crippen LogP) is 1.63. The van der Waals surface area contributed by atoms with Gasteiger partial charge < -0.3 is 0 Å². The van der Waals surface area contributed by atoms with Crippen molar-refractivity contribution in [1.82, 2.24) is 14.0 Å². The summed E-state index contributed by atoms with van der Waals surface area (Å²) in [5.41, 5.74) is 1.31. The van der Waals surface area contributed by atoms with Crippen molar-refractivity contribution < 1.29 is 0 Å². The summed E-state index contributed by atoms with van der Waals surface area (Å²) < 4.78 is 2.53. The number of hydrogen-bond acceptors (Lipinski definition) is 3. The molecule has 3 aromatic rings. The van der Waals surface area contributed by atoms with E-state index in [9.17, 15) is 9.59 Å². The van der Waals surface area contributed by atoms with Crippen LogP contribution >= 0.6 is 0 Å². The number of rotatable bonds is 2. The van der Waals surface area contributed by atoms with Gasteiger partial charge in [-0.05, 0) is 19.1 Å². The van der Waals surface area contributed by atoms with E-state index in [0.29, 0.717) is 11.4 Å². The highest BCUT2D eigenvalue weighted by Gasteiger charge is 2.30. The summed E-state index contributed by atoms with van der Waals surface area (Å²) in [5, 5.41) is 4.37. The van der Waals surface area contributed by atoms with Gasteiger partial charge in [0.2, 0.25) is 0 Å². The van der Waals surface area contributed by atoms with Crippen LogP contribution in [-0.2, 0) is 0 Å². The molecule has 0 N–H and O–H groups in total. The SMILES string of the molecule is C[C@@H]1C(c2ccccc2)=Nn2c(=O)n(-c3ccccc3)c(=O)n21. The van der Waals surface area contributed by atoms with E-state index in [1.807, 2.05) is 43.3 Å². The summed E-state index contributed by atoms with van der Waals surface area (Å²) in [6.07, 6.45) is 0. The molecule has 6 nitrogen and oxygen atoms in total. The van der Waals surface area contributed by atoms with Crippen LogP contribution in [0.5, 0.6) is 0 Å². The molecular formula is C17H14N4O2. The van der Waals surface area contributed by atoms with Crippen molar-refractivity contribution >= 4 is 5.71 Å². The quantitative estimate of drug-likeness (QED) is 0.722. The van der Waals surface area contributed by atoms with Crippen LogP contribution in [0.4, 0.5) is 0 Å². The maximum absolute atomic E-state index is 12.7. The van der Waals surface area contributed by atoms with Crippen LogP contribution in [-0.4, -0.2) is 19.8 Å². The average Bonchev–Trinajstić information content (AvgIpc) is 3.05. The van der Waals surface area contributed by atoms with Crippen LogP contribution < -0.4 is 11.4 Å². The lowest BCUT2D eigenvalue weighted by atomic mass is 10.1. The van der Waals surface area contributed by atoms with Gasteiger partial charge in [0.1, 0.15) is 0 Å². The van der Waals surface area contributed by atoms with E-state index in [1.54, 1.807) is 24.3 Å². The third-order valence-corrected chi connectivity index (χ3v) is 4.00. The van der Waals surface area contributed by atoms with Crippen LogP contribution in [0.15, 0.2) is 75.4 Å². The van der Waals surface area contributed by atoms with Crippen LogP contribution in [0.1, 0.15) is 18.5 Å². The molecule has 1 aromatic heterocycles. The Bertz CT molecular complexity index is 1010. The molecule has 0 amide bonds. The fourth-order valence-corrected chi connectivity index (χ4v) is 2.87. The zero-order chi connectivity index (χ0) is 16.0. The molecule has 114 valence electrons. The van der Waals surface area contributed by atoms with E-state index in [4.69, 9.17) is 0 Å². The molecule has 23 heavy (non-hydrogen) atoms. The number of benzene rings is 2. The molecule has 0 aliphatic carbocycles. The number of hydrogen-bond donors (Lipinski definition) is 0. The molecule has 0 saturated heterocycles. The number of fused-ring (bicyclic) bond motifs is 1. The van der Waals surface area contributed by atoms with Gasteiger partial charge in [0, 0.05) is 5.56 Å². The Morgan fingerprint density at radius 1 is 0.870 bits per heavy atom. The van der Waals surface area contributed by atoms with E-state index >= 15 is 0 Å². The lowest BCUT2D eigenvalue weighted by Crippen LogP contribution is -2.30. The van der Waals surface area contributed by atoms with E-state index in [-0.39, 0.29) is 11.7 Å². The zero-order valence-electron chi connectivity index (χ0n) is 12.5. The first-order chi connectivity index (χ1) is 11.2. The van der Waals surface area contributed by atoms with Gasteiger partial charge in [0.25, 0.3) is 0 Å². The molecule has 6 heteroatoms. The summed E-state index contributed by atoms with van der Waals surface area (Å²) in [6.45, 7) is 1.87. The van der Waals surface area contributed by atoms with Crippen molar-refractivity contribution in [2.24, 2.45) is 5.10 Å². The largest absolute Gasteiger partial charge is 0.373 e. The molecule has 0 saturated carbocycles. The Morgan fingerprint density at radius 2 is 1.48 bits per heavy atom. The van der Waals surface area contributed by atoms with Crippen LogP contribution in [0.2, 0.25) is 0 Å². The first kappa shape index (κ1) is 13.5. The third kappa shape index (κ3) is 1.92. The predicted molar refractivity (Wildman–Crippen MR) is 87.4 cm³/mol. The molecule has 0 fully saturated rings. The summed E-state index contributed by atoms with van der Waals surface area (Å²) in [6, 6.07) is 18.1. The minimum atomic E-state index is -0.459. The summed E-state index contributed by atoms with van der Waals surface area (Å²) in [4.78, 5) is 26.5. The highest BCUT2D eigenvalue weighted by atomic mass is 16.2. The minimum Gasteiger partial charge on any atom is -0.245 e. The standard InChI is InChI=1S/C17H14N4O2/c1-12-15(13-8-4-2-5-9-13)18-21-17(23)19(16(22)20(12)21)14-10-6-3-7-11-14/h2-12H,1H3/t12-/m1/s1. The van der Waals surface area contributed by atoms with Crippen molar-refractivity contribution in [2.45, 2.75) is 13.0 Å². The monoisotopic (exact) mass is 306 g/mol. The second-order valence-electron chi connectivity index (χ2n) is 5.40. The third-order valence-electron chi connectivity index (χ3n) is 4.00. The Hall–Kier alpha value is -3.15. The molecule has 2 heterocycles. The van der Waals surface area contributed by atoms with Crippen molar-refractivity contribution in [3.63, 3.8) is 0 Å². The van der Waals surface area contributed by atoms with Gasteiger partial charge in [0.15, 0.2) is 0 Å². The summed E-state index contributed by atoms with van der Waals surface area (Å²) in [5.74, 6) is 0. The molecule has 0 radical (unpaired) electrons. The van der Waals surface area contributed by atoms with Crippen molar-refractivity contribution in [1.29, 1.82) is 0 Å². The molecule has 0 bridgehead atoms. The lowest BCUT2D eigenvalue weighted by Gasteiger charge is -2.07. The molecular weight excluding hydrogens is 292 g/mol. The van der Waals surface area contributed by atoms with Crippen molar-refractivity contribution in [3.05, 3.63) is 87.2 Å². The second-order valence-corrected chi connectivity index (χ2v) is 5.40. The van der Waals surface area contributed by atoms with Crippen LogP contribution in [0.3, 0.4) is 0 Å². The molecule has 0 spiro atoms. The van der Waals surface area contributed by atoms with E-state index < -0.39 is 5.69 Å². The highest BCUT2D eigenvalue weighted by molar-refractivity contribution is 6.03. The van der Waals surface area contributed by atoms with Gasteiger partial charge in [0.05, 0.1) is 17.4 Å². The maximum atomic E-state index is 12.7. The van der Waals surface area contributed by atoms with E-state index in [0.717, 1.165) is 14.9 Å². The van der Waals surface area contributed by atoms with Gasteiger partial charge in [-0.25, -0.2) is 18.8 Å². The molecule has 0 unspecified atom stereocenters. The van der Waals surface area contributed by atoms with Gasteiger partial charge in [-0.1, -0.05) is 48.5 Å². The van der Waals surface area contributed by atoms with E-state index in [1.165, 1.54) is 4.68 Å². The summed E-state index contributed by atoms with van der Waals surface area (Å²) >= 11 is 0. The smallest absolute Gasteiger partial charge is 0.245 e. The van der Waals surface area contributed by atoms with Gasteiger partial charge >= 0.3 is 11.4 Å². The van der Waals surface area contributed by atoms with Crippen molar-refractivity contribution in [3.8, 4) is 5.69 Å². The minimum absolute atomic E-state index is 0.303. The van der Waals surface area contributed by atoms with E-state index in [2.05, 4.69) is 5.10 Å². The zero-order valence-corrected chi connectivity index (χ0v) is 12.5. The Morgan fingerprint density at radius 3 is 2.09 bits per heavy atom. The van der Waals surface area contributed by atoms with Crippen molar-refractivity contribution in [2.75, 3.05) is 0 Å². The molecule has 1 atom stereocenters. The normalized spacial score (nSPS) is 16.2. The Balaban J connectivity index is 1.92. The summed E-state index contributed by atoms with van der Waals surface area (Å²) in [7, 11) is 0. The van der Waals surface area contributed by atoms with Crippen LogP contribution in [0.25, 0.3) is 5.69 Å². The first-order valence-corrected chi connectivity index (χ1v) is 7.35. The van der Waals surface area contributed by atoms with Crippen LogP contribution in [0, 0.1) is 0 Å². The molecule has 4 rings (SSSR count). The van der Waals surface area contributed by atoms with Gasteiger partial charge in [-0.3, -0.25) is 0 Å². The number of aromatic nitrogens is 3. The second kappa shape index (κ2) is 4.95. The lowest BCUT2D eigenvalue weighted by molar-refractivity contribution is 0.513. The topological polar surface area (TPSA) is 61.3 Å². The molecule has 1 aliphatic heterocycles. The highest BCUT2D eigenvalue weighted by Crippen LogP contribution is 2.18. The molecule has 2 aromatic carbocycles. The van der Waals surface area contributed by atoms with Gasteiger partial charge in [-0.15, -0.1) is 9.89 Å². The average molecular weight is 306 g/mol. The first-order valence-electron chi connectivity index (χ1n) is 7.35. The van der Waals surface area contributed by atoms with Gasteiger partial charge in [-0.2, -0.15) is 0 Å². The fourth-order valence-electron chi connectivity index (χ4n) is 2.87. The number of para-hydroxylation sites is 1.